The molecule has 0 saturated heterocycles. The summed E-state index contributed by atoms with van der Waals surface area (Å²) in [5.74, 6) is 0.327. The number of rotatable bonds is 5. The minimum atomic E-state index is -0.305. The highest BCUT2D eigenvalue weighted by Gasteiger charge is 2.15. The summed E-state index contributed by atoms with van der Waals surface area (Å²) in [6, 6.07) is 10.1. The Bertz CT molecular complexity index is 844. The number of benzene rings is 2. The number of hydrazone groups is 1. The van der Waals surface area contributed by atoms with Gasteiger partial charge < -0.3 is 4.74 Å². The van der Waals surface area contributed by atoms with Gasteiger partial charge in [0.15, 0.2) is 6.61 Å². The monoisotopic (exact) mass is 430 g/mol. The molecule has 4 nitrogen and oxygen atoms in total. The standard InChI is InChI=1S/C22H27BrN2O2/c1-14-9-15(2)18(16(3)10-14)12-24-25-21(26)13-27-20-8-7-17(11-19(20)23)22(4,5)6/h7-12H,13H2,1-6H3,(H,25,26)/b24-12-. The van der Waals surface area contributed by atoms with Gasteiger partial charge in [-0.1, -0.05) is 44.5 Å². The highest BCUT2D eigenvalue weighted by atomic mass is 79.9. The summed E-state index contributed by atoms with van der Waals surface area (Å²) in [6.45, 7) is 12.5. The van der Waals surface area contributed by atoms with Crippen molar-refractivity contribution in [3.8, 4) is 5.75 Å². The fourth-order valence-corrected chi connectivity index (χ4v) is 3.32. The lowest BCUT2D eigenvalue weighted by Crippen LogP contribution is -2.24. The van der Waals surface area contributed by atoms with Crippen molar-refractivity contribution in [3.05, 3.63) is 62.6 Å². The molecule has 0 saturated carbocycles. The summed E-state index contributed by atoms with van der Waals surface area (Å²) in [5.41, 5.74) is 8.25. The van der Waals surface area contributed by atoms with E-state index < -0.39 is 0 Å². The van der Waals surface area contributed by atoms with E-state index in [-0.39, 0.29) is 17.9 Å². The molecular formula is C22H27BrN2O2. The van der Waals surface area contributed by atoms with Crippen LogP contribution < -0.4 is 10.2 Å². The van der Waals surface area contributed by atoms with E-state index in [1.165, 1.54) is 11.1 Å². The highest BCUT2D eigenvalue weighted by Crippen LogP contribution is 2.31. The van der Waals surface area contributed by atoms with Gasteiger partial charge >= 0.3 is 0 Å². The van der Waals surface area contributed by atoms with Crippen LogP contribution in [0.25, 0.3) is 0 Å². The van der Waals surface area contributed by atoms with Crippen molar-refractivity contribution < 1.29 is 9.53 Å². The molecular weight excluding hydrogens is 404 g/mol. The number of amides is 1. The Morgan fingerprint density at radius 2 is 1.78 bits per heavy atom. The van der Waals surface area contributed by atoms with Gasteiger partial charge in [-0.05, 0) is 70.9 Å². The van der Waals surface area contributed by atoms with Crippen LogP contribution in [-0.2, 0) is 10.2 Å². The second-order valence-corrected chi connectivity index (χ2v) is 8.64. The first-order chi connectivity index (χ1) is 12.6. The summed E-state index contributed by atoms with van der Waals surface area (Å²) in [7, 11) is 0. The molecule has 0 bridgehead atoms. The predicted octanol–water partition coefficient (Wildman–Crippen LogP) is 5.20. The van der Waals surface area contributed by atoms with Crippen LogP contribution in [0.1, 0.15) is 48.6 Å². The maximum Gasteiger partial charge on any atom is 0.277 e. The molecule has 144 valence electrons. The molecule has 5 heteroatoms. The predicted molar refractivity (Wildman–Crippen MR) is 115 cm³/mol. The maximum absolute atomic E-state index is 12.0. The molecule has 0 aliphatic carbocycles. The van der Waals surface area contributed by atoms with Crippen molar-refractivity contribution in [2.75, 3.05) is 6.61 Å². The van der Waals surface area contributed by atoms with Crippen LogP contribution in [-0.4, -0.2) is 18.7 Å². The first-order valence-corrected chi connectivity index (χ1v) is 9.70. The number of nitrogens with one attached hydrogen (secondary N) is 1. The van der Waals surface area contributed by atoms with Crippen LogP contribution in [0.3, 0.4) is 0 Å². The molecule has 0 aliphatic heterocycles. The molecule has 0 atom stereocenters. The van der Waals surface area contributed by atoms with Crippen LogP contribution in [0.5, 0.6) is 5.75 Å². The van der Waals surface area contributed by atoms with Crippen LogP contribution in [0.2, 0.25) is 0 Å². The Balaban J connectivity index is 1.94. The van der Waals surface area contributed by atoms with Gasteiger partial charge in [0.1, 0.15) is 5.75 Å². The van der Waals surface area contributed by atoms with Gasteiger partial charge in [0, 0.05) is 5.56 Å². The van der Waals surface area contributed by atoms with Gasteiger partial charge in [-0.2, -0.15) is 5.10 Å². The molecule has 0 radical (unpaired) electrons. The van der Waals surface area contributed by atoms with E-state index in [1.807, 2.05) is 32.0 Å². The Morgan fingerprint density at radius 3 is 2.33 bits per heavy atom. The summed E-state index contributed by atoms with van der Waals surface area (Å²) in [5, 5.41) is 4.06. The first-order valence-electron chi connectivity index (χ1n) is 8.90. The molecule has 1 N–H and O–H groups in total. The average Bonchev–Trinajstić information content (AvgIpc) is 2.55. The van der Waals surface area contributed by atoms with Gasteiger partial charge in [-0.25, -0.2) is 5.43 Å². The number of hydrogen-bond donors (Lipinski definition) is 1. The van der Waals surface area contributed by atoms with Crippen LogP contribution in [0.4, 0.5) is 0 Å². The van der Waals surface area contributed by atoms with E-state index in [1.54, 1.807) is 6.21 Å². The second-order valence-electron chi connectivity index (χ2n) is 7.79. The van der Waals surface area contributed by atoms with Gasteiger partial charge in [-0.3, -0.25) is 4.79 Å². The number of ether oxygens (including phenoxy) is 1. The second kappa shape index (κ2) is 8.70. The third-order valence-corrected chi connectivity index (χ3v) is 4.90. The topological polar surface area (TPSA) is 50.7 Å². The summed E-state index contributed by atoms with van der Waals surface area (Å²) < 4.78 is 6.43. The molecule has 2 rings (SSSR count). The largest absolute Gasteiger partial charge is 0.483 e. The van der Waals surface area contributed by atoms with Gasteiger partial charge in [0.2, 0.25) is 0 Å². The van der Waals surface area contributed by atoms with Gasteiger partial charge in [-0.15, -0.1) is 0 Å². The normalized spacial score (nSPS) is 11.7. The lowest BCUT2D eigenvalue weighted by Gasteiger charge is -2.20. The highest BCUT2D eigenvalue weighted by molar-refractivity contribution is 9.10. The van der Waals surface area contributed by atoms with Crippen molar-refractivity contribution in [3.63, 3.8) is 0 Å². The Kier molecular flexibility index (Phi) is 6.82. The summed E-state index contributed by atoms with van der Waals surface area (Å²) >= 11 is 3.51. The smallest absolute Gasteiger partial charge is 0.277 e. The number of hydrogen-bond acceptors (Lipinski definition) is 3. The molecule has 2 aromatic carbocycles. The molecule has 1 amide bonds. The molecule has 0 unspecified atom stereocenters. The van der Waals surface area contributed by atoms with Crippen molar-refractivity contribution in [2.24, 2.45) is 5.10 Å². The lowest BCUT2D eigenvalue weighted by atomic mass is 9.87. The minimum Gasteiger partial charge on any atom is -0.483 e. The zero-order valence-corrected chi connectivity index (χ0v) is 18.4. The molecule has 0 fully saturated rings. The van der Waals surface area contributed by atoms with E-state index in [9.17, 15) is 4.79 Å². The molecule has 0 aliphatic rings. The van der Waals surface area contributed by atoms with Crippen LogP contribution >= 0.6 is 15.9 Å². The van der Waals surface area contributed by atoms with E-state index in [2.05, 4.69) is 66.3 Å². The SMILES string of the molecule is Cc1cc(C)c(/C=N\NC(=O)COc2ccc(C(C)(C)C)cc2Br)c(C)c1. The Labute approximate surface area is 170 Å². The van der Waals surface area contributed by atoms with E-state index in [0.717, 1.165) is 21.2 Å². The van der Waals surface area contributed by atoms with Crippen molar-refractivity contribution in [1.82, 2.24) is 5.43 Å². The lowest BCUT2D eigenvalue weighted by molar-refractivity contribution is -0.123. The van der Waals surface area contributed by atoms with E-state index in [0.29, 0.717) is 5.75 Å². The fraction of sp³-hybridized carbons (Fsp3) is 0.364. The zero-order chi connectivity index (χ0) is 20.2. The Hall–Kier alpha value is -2.14. The number of carbonyl (C=O) groups is 1. The molecule has 27 heavy (non-hydrogen) atoms. The number of halogens is 1. The number of aryl methyl sites for hydroxylation is 3. The maximum atomic E-state index is 12.0. The third-order valence-electron chi connectivity index (χ3n) is 4.28. The average molecular weight is 431 g/mol. The van der Waals surface area contributed by atoms with Crippen molar-refractivity contribution in [1.29, 1.82) is 0 Å². The zero-order valence-electron chi connectivity index (χ0n) is 16.8. The summed E-state index contributed by atoms with van der Waals surface area (Å²) in [4.78, 5) is 12.0. The molecule has 0 heterocycles. The third kappa shape index (κ3) is 5.93. The summed E-state index contributed by atoms with van der Waals surface area (Å²) in [6.07, 6.45) is 1.68. The number of nitrogens with zero attached hydrogens (tertiary/aromatic N) is 1. The number of carbonyl (C=O) groups excluding carboxylic acids is 1. The van der Waals surface area contributed by atoms with Crippen molar-refractivity contribution >= 4 is 28.1 Å². The Morgan fingerprint density at radius 1 is 1.15 bits per heavy atom. The van der Waals surface area contributed by atoms with Gasteiger partial charge in [0.25, 0.3) is 5.91 Å². The van der Waals surface area contributed by atoms with E-state index >= 15 is 0 Å². The van der Waals surface area contributed by atoms with Crippen LogP contribution in [0.15, 0.2) is 39.9 Å². The van der Waals surface area contributed by atoms with Crippen molar-refractivity contribution in [2.45, 2.75) is 47.0 Å². The molecule has 2 aromatic rings. The first kappa shape index (κ1) is 21.2. The minimum absolute atomic E-state index is 0.0549. The van der Waals surface area contributed by atoms with E-state index in [4.69, 9.17) is 4.74 Å². The van der Waals surface area contributed by atoms with Gasteiger partial charge in [0.05, 0.1) is 10.7 Å². The fourth-order valence-electron chi connectivity index (χ4n) is 2.82. The molecule has 0 aromatic heterocycles. The van der Waals surface area contributed by atoms with Crippen LogP contribution in [0, 0.1) is 20.8 Å². The quantitative estimate of drug-likeness (QED) is 0.523. The molecule has 0 spiro atoms.